The lowest BCUT2D eigenvalue weighted by atomic mass is 9.98. The van der Waals surface area contributed by atoms with E-state index in [4.69, 9.17) is 9.84 Å². The maximum absolute atomic E-state index is 14.7. The lowest BCUT2D eigenvalue weighted by Crippen LogP contribution is -2.36. The monoisotopic (exact) mass is 476 g/mol. The summed E-state index contributed by atoms with van der Waals surface area (Å²) in [5, 5.41) is 11.5. The van der Waals surface area contributed by atoms with E-state index in [2.05, 4.69) is 5.32 Å². The molecule has 7 nitrogen and oxygen atoms in total. The largest absolute Gasteiger partial charge is 0.480 e. The van der Waals surface area contributed by atoms with Crippen LogP contribution in [0.15, 0.2) is 66.7 Å². The number of halogens is 1. The average Bonchev–Trinajstić information content (AvgIpc) is 3.16. The van der Waals surface area contributed by atoms with Crippen molar-refractivity contribution >= 4 is 23.7 Å². The SMILES string of the molecule is CCCN(CC(=O)O)C(=O)c1ccc(NC(=O)OCC2c3ccccc3-c3ccccc32)cc1F. The maximum atomic E-state index is 14.7. The standard InChI is InChI=1S/C27H25FN2O5/c1-2-13-30(15-25(31)32)26(33)22-12-11-17(14-24(22)28)29-27(34)35-16-23-20-9-5-3-7-18(20)19-8-4-6-10-21(19)23/h3-12,14,23H,2,13,15-16H2,1H3,(H,29,34)(H,31,32). The number of carboxylic acids is 1. The molecule has 0 fully saturated rings. The topological polar surface area (TPSA) is 95.9 Å². The van der Waals surface area contributed by atoms with Gasteiger partial charge in [-0.05, 0) is 46.9 Å². The van der Waals surface area contributed by atoms with Crippen LogP contribution in [0.3, 0.4) is 0 Å². The number of hydrogen-bond donors (Lipinski definition) is 2. The van der Waals surface area contributed by atoms with Crippen molar-refractivity contribution < 1.29 is 28.6 Å². The number of fused-ring (bicyclic) bond motifs is 3. The van der Waals surface area contributed by atoms with Crippen LogP contribution in [0.25, 0.3) is 11.1 Å². The van der Waals surface area contributed by atoms with Gasteiger partial charge in [-0.15, -0.1) is 0 Å². The summed E-state index contributed by atoms with van der Waals surface area (Å²) < 4.78 is 20.1. The van der Waals surface area contributed by atoms with E-state index in [9.17, 15) is 18.8 Å². The lowest BCUT2D eigenvalue weighted by molar-refractivity contribution is -0.137. The first-order chi connectivity index (χ1) is 16.9. The molecular formula is C27H25FN2O5. The zero-order valence-corrected chi connectivity index (χ0v) is 19.2. The molecule has 0 aromatic heterocycles. The molecular weight excluding hydrogens is 451 g/mol. The molecule has 1 aliphatic carbocycles. The number of amides is 2. The van der Waals surface area contributed by atoms with Crippen LogP contribution in [0.2, 0.25) is 0 Å². The third-order valence-electron chi connectivity index (χ3n) is 5.90. The Kier molecular flexibility index (Phi) is 7.10. The van der Waals surface area contributed by atoms with Gasteiger partial charge in [-0.25, -0.2) is 9.18 Å². The van der Waals surface area contributed by atoms with E-state index in [1.807, 2.05) is 48.5 Å². The highest BCUT2D eigenvalue weighted by atomic mass is 19.1. The molecule has 2 amide bonds. The fourth-order valence-corrected chi connectivity index (χ4v) is 4.37. The highest BCUT2D eigenvalue weighted by Gasteiger charge is 2.29. The van der Waals surface area contributed by atoms with Gasteiger partial charge in [0.25, 0.3) is 5.91 Å². The van der Waals surface area contributed by atoms with Crippen LogP contribution < -0.4 is 5.32 Å². The summed E-state index contributed by atoms with van der Waals surface area (Å²) in [6.07, 6.45) is -0.217. The van der Waals surface area contributed by atoms with Crippen LogP contribution >= 0.6 is 0 Å². The number of aliphatic carboxylic acids is 1. The molecule has 180 valence electrons. The van der Waals surface area contributed by atoms with Crippen molar-refractivity contribution in [1.82, 2.24) is 4.90 Å². The van der Waals surface area contributed by atoms with Gasteiger partial charge in [0.2, 0.25) is 0 Å². The second-order valence-corrected chi connectivity index (χ2v) is 8.27. The van der Waals surface area contributed by atoms with Crippen molar-refractivity contribution in [3.05, 3.63) is 89.2 Å². The molecule has 0 unspecified atom stereocenters. The van der Waals surface area contributed by atoms with Gasteiger partial charge >= 0.3 is 12.1 Å². The predicted molar refractivity (Wildman–Crippen MR) is 129 cm³/mol. The van der Waals surface area contributed by atoms with Crippen LogP contribution in [0.1, 0.15) is 40.7 Å². The number of nitrogens with one attached hydrogen (secondary N) is 1. The van der Waals surface area contributed by atoms with Crippen LogP contribution in [-0.4, -0.2) is 47.7 Å². The van der Waals surface area contributed by atoms with Crippen molar-refractivity contribution in [1.29, 1.82) is 0 Å². The van der Waals surface area contributed by atoms with Gasteiger partial charge in [-0.1, -0.05) is 55.5 Å². The summed E-state index contributed by atoms with van der Waals surface area (Å²) in [5.74, 6) is -2.87. The lowest BCUT2D eigenvalue weighted by Gasteiger charge is -2.20. The fourth-order valence-electron chi connectivity index (χ4n) is 4.37. The maximum Gasteiger partial charge on any atom is 0.411 e. The summed E-state index contributed by atoms with van der Waals surface area (Å²) in [6, 6.07) is 19.6. The molecule has 1 aliphatic rings. The summed E-state index contributed by atoms with van der Waals surface area (Å²) in [7, 11) is 0. The number of carboxylic acid groups (broad SMARTS) is 1. The Morgan fingerprint density at radius 1 is 1.00 bits per heavy atom. The van der Waals surface area contributed by atoms with E-state index in [1.165, 1.54) is 12.1 Å². The zero-order valence-electron chi connectivity index (χ0n) is 19.2. The van der Waals surface area contributed by atoms with Crippen molar-refractivity contribution in [2.75, 3.05) is 25.0 Å². The number of hydrogen-bond acceptors (Lipinski definition) is 4. The Morgan fingerprint density at radius 3 is 2.20 bits per heavy atom. The van der Waals surface area contributed by atoms with Gasteiger partial charge in [0.15, 0.2) is 0 Å². The third-order valence-corrected chi connectivity index (χ3v) is 5.90. The molecule has 0 saturated heterocycles. The summed E-state index contributed by atoms with van der Waals surface area (Å²) >= 11 is 0. The van der Waals surface area contributed by atoms with E-state index >= 15 is 0 Å². The van der Waals surface area contributed by atoms with E-state index in [1.54, 1.807) is 6.92 Å². The van der Waals surface area contributed by atoms with Gasteiger partial charge in [0.05, 0.1) is 5.56 Å². The van der Waals surface area contributed by atoms with Crippen molar-refractivity contribution in [2.24, 2.45) is 0 Å². The van der Waals surface area contributed by atoms with Crippen molar-refractivity contribution in [3.8, 4) is 11.1 Å². The van der Waals surface area contributed by atoms with Gasteiger partial charge in [-0.3, -0.25) is 14.9 Å². The van der Waals surface area contributed by atoms with Gasteiger partial charge in [0.1, 0.15) is 19.0 Å². The van der Waals surface area contributed by atoms with Crippen molar-refractivity contribution in [3.63, 3.8) is 0 Å². The first-order valence-electron chi connectivity index (χ1n) is 11.3. The average molecular weight is 477 g/mol. The number of carbonyl (C=O) groups excluding carboxylic acids is 2. The van der Waals surface area contributed by atoms with Gasteiger partial charge in [0, 0.05) is 18.2 Å². The van der Waals surface area contributed by atoms with E-state index < -0.39 is 30.3 Å². The number of ether oxygens (including phenoxy) is 1. The first kappa shape index (κ1) is 23.9. The molecule has 2 N–H and O–H groups in total. The minimum absolute atomic E-state index is 0.108. The normalized spacial score (nSPS) is 11.9. The quantitative estimate of drug-likeness (QED) is 0.470. The Bertz CT molecular complexity index is 1230. The molecule has 0 heterocycles. The molecule has 0 saturated carbocycles. The van der Waals surface area contributed by atoms with Crippen LogP contribution in [-0.2, 0) is 9.53 Å². The van der Waals surface area contributed by atoms with E-state index in [0.29, 0.717) is 6.42 Å². The third kappa shape index (κ3) is 5.16. The first-order valence-corrected chi connectivity index (χ1v) is 11.3. The van der Waals surface area contributed by atoms with Crippen LogP contribution in [0.5, 0.6) is 0 Å². The summed E-state index contributed by atoms with van der Waals surface area (Å²) in [4.78, 5) is 37.1. The molecule has 0 spiro atoms. The number of carbonyl (C=O) groups is 3. The molecule has 4 rings (SSSR count). The molecule has 35 heavy (non-hydrogen) atoms. The minimum atomic E-state index is -1.18. The van der Waals surface area contributed by atoms with E-state index in [-0.39, 0.29) is 30.3 Å². The molecule has 0 bridgehead atoms. The second-order valence-electron chi connectivity index (χ2n) is 8.27. The number of benzene rings is 3. The molecule has 8 heteroatoms. The number of anilines is 1. The Labute approximate surface area is 202 Å². The van der Waals surface area contributed by atoms with Gasteiger partial charge in [-0.2, -0.15) is 0 Å². The predicted octanol–water partition coefficient (Wildman–Crippen LogP) is 5.12. The van der Waals surface area contributed by atoms with E-state index in [0.717, 1.165) is 33.2 Å². The Hall–Kier alpha value is -4.20. The molecule has 0 aliphatic heterocycles. The van der Waals surface area contributed by atoms with Crippen LogP contribution in [0, 0.1) is 5.82 Å². The Morgan fingerprint density at radius 2 is 1.63 bits per heavy atom. The fraction of sp³-hybridized carbons (Fsp3) is 0.222. The highest BCUT2D eigenvalue weighted by molar-refractivity contribution is 5.97. The number of rotatable bonds is 8. The molecule has 0 atom stereocenters. The van der Waals surface area contributed by atoms with Crippen molar-refractivity contribution in [2.45, 2.75) is 19.3 Å². The molecule has 0 radical (unpaired) electrons. The Balaban J connectivity index is 1.42. The highest BCUT2D eigenvalue weighted by Crippen LogP contribution is 2.44. The molecule has 3 aromatic carbocycles. The van der Waals surface area contributed by atoms with Gasteiger partial charge < -0.3 is 14.7 Å². The second kappa shape index (κ2) is 10.4. The molecule has 3 aromatic rings. The number of nitrogens with zero attached hydrogens (tertiary/aromatic N) is 1. The smallest absolute Gasteiger partial charge is 0.411 e. The minimum Gasteiger partial charge on any atom is -0.480 e. The summed E-state index contributed by atoms with van der Waals surface area (Å²) in [5.41, 5.74) is 4.23. The van der Waals surface area contributed by atoms with Crippen LogP contribution in [0.4, 0.5) is 14.9 Å². The zero-order chi connectivity index (χ0) is 24.9. The summed E-state index contributed by atoms with van der Waals surface area (Å²) in [6.45, 7) is 1.57.